The third-order valence-electron chi connectivity index (χ3n) is 7.97. The molecule has 5 aromatic heterocycles. The summed E-state index contributed by atoms with van der Waals surface area (Å²) >= 11 is 0. The smallest absolute Gasteiger partial charge is 0.212 e. The minimum Gasteiger partial charge on any atom is -0.481 e. The van der Waals surface area contributed by atoms with Gasteiger partial charge in [0.2, 0.25) is 5.88 Å². The molecule has 3 saturated heterocycles. The Bertz CT molecular complexity index is 1680. The number of pyridine rings is 3. The predicted octanol–water partition coefficient (Wildman–Crippen LogP) is 2.84. The molecule has 3 aliphatic rings. The first-order chi connectivity index (χ1) is 20.2. The van der Waals surface area contributed by atoms with Crippen molar-refractivity contribution in [1.29, 1.82) is 5.26 Å². The molecule has 3 fully saturated rings. The van der Waals surface area contributed by atoms with E-state index < -0.39 is 0 Å². The highest BCUT2D eigenvalue weighted by Gasteiger charge is 2.44. The highest BCUT2D eigenvalue weighted by atomic mass is 16.5. The fraction of sp³-hybridized carbons (Fsp3) is 0.310. The van der Waals surface area contributed by atoms with E-state index in [0.717, 1.165) is 42.1 Å². The van der Waals surface area contributed by atoms with Crippen LogP contribution in [0.25, 0.3) is 16.6 Å². The summed E-state index contributed by atoms with van der Waals surface area (Å²) in [6.45, 7) is 3.99. The summed E-state index contributed by atoms with van der Waals surface area (Å²) in [5.74, 6) is 2.17. The average molecular weight is 548 g/mol. The van der Waals surface area contributed by atoms with Crippen molar-refractivity contribution in [2.45, 2.75) is 31.6 Å². The van der Waals surface area contributed by atoms with Crippen molar-refractivity contribution in [3.63, 3.8) is 0 Å². The molecule has 2 bridgehead atoms. The lowest BCUT2D eigenvalue weighted by Gasteiger charge is -2.56. The number of fused-ring (bicyclic) bond motifs is 3. The van der Waals surface area contributed by atoms with Crippen LogP contribution >= 0.6 is 0 Å². The van der Waals surface area contributed by atoms with E-state index >= 15 is 0 Å². The molecule has 8 rings (SSSR count). The second-order valence-corrected chi connectivity index (χ2v) is 10.4. The van der Waals surface area contributed by atoms with Crippen molar-refractivity contribution in [2.24, 2.45) is 0 Å². The van der Waals surface area contributed by atoms with E-state index in [0.29, 0.717) is 42.4 Å². The fourth-order valence-corrected chi connectivity index (χ4v) is 5.90. The minimum atomic E-state index is 0.506. The van der Waals surface area contributed by atoms with Crippen molar-refractivity contribution < 1.29 is 4.74 Å². The maximum Gasteiger partial charge on any atom is 0.212 e. The number of piperazine rings is 1. The van der Waals surface area contributed by atoms with Crippen LogP contribution in [-0.4, -0.2) is 78.1 Å². The van der Waals surface area contributed by atoms with E-state index in [-0.39, 0.29) is 0 Å². The van der Waals surface area contributed by atoms with Gasteiger partial charge >= 0.3 is 0 Å². The Balaban J connectivity index is 1.05. The lowest BCUT2D eigenvalue weighted by molar-refractivity contribution is -0.00876. The molecule has 12 heteroatoms. The number of nitrogens with one attached hydrogen (secondary N) is 1. The molecule has 0 amide bonds. The second-order valence-electron chi connectivity index (χ2n) is 10.4. The van der Waals surface area contributed by atoms with Crippen LogP contribution in [0.1, 0.15) is 17.5 Å². The zero-order valence-electron chi connectivity index (χ0n) is 22.6. The summed E-state index contributed by atoms with van der Waals surface area (Å²) in [5, 5.41) is 22.1. The second kappa shape index (κ2) is 10.5. The van der Waals surface area contributed by atoms with E-state index in [2.05, 4.69) is 59.6 Å². The van der Waals surface area contributed by atoms with Gasteiger partial charge in [0.15, 0.2) is 5.82 Å². The maximum atomic E-state index is 10.0. The van der Waals surface area contributed by atoms with Crippen LogP contribution in [0.2, 0.25) is 0 Å². The summed E-state index contributed by atoms with van der Waals surface area (Å²) in [5.41, 5.74) is 4.33. The van der Waals surface area contributed by atoms with Gasteiger partial charge in [-0.25, -0.2) is 19.5 Å². The molecular weight excluding hydrogens is 518 g/mol. The summed E-state index contributed by atoms with van der Waals surface area (Å²) in [6.07, 6.45) is 10.0. The molecule has 0 spiro atoms. The molecule has 3 aliphatic heterocycles. The molecular formula is C29H29N11O. The Labute approximate surface area is 236 Å². The van der Waals surface area contributed by atoms with E-state index in [9.17, 15) is 5.26 Å². The van der Waals surface area contributed by atoms with E-state index in [4.69, 9.17) is 9.72 Å². The molecule has 0 saturated carbocycles. The van der Waals surface area contributed by atoms with Gasteiger partial charge in [0, 0.05) is 74.0 Å². The first-order valence-electron chi connectivity index (χ1n) is 13.6. The molecule has 0 aliphatic carbocycles. The molecule has 0 radical (unpaired) electrons. The zero-order chi connectivity index (χ0) is 27.8. The van der Waals surface area contributed by atoms with Gasteiger partial charge in [-0.2, -0.15) is 10.4 Å². The number of nitrogens with zero attached hydrogens (tertiary/aromatic N) is 10. The maximum absolute atomic E-state index is 10.0. The number of hydrogen-bond acceptors (Lipinski definition) is 10. The van der Waals surface area contributed by atoms with E-state index in [1.54, 1.807) is 22.6 Å². The topological polar surface area (TPSA) is 125 Å². The Kier molecular flexibility index (Phi) is 6.41. The number of methoxy groups -OCH3 is 1. The van der Waals surface area contributed by atoms with Gasteiger partial charge in [-0.15, -0.1) is 5.10 Å². The molecule has 2 unspecified atom stereocenters. The Morgan fingerprint density at radius 1 is 1.10 bits per heavy atom. The molecule has 1 N–H and O–H groups in total. The summed E-state index contributed by atoms with van der Waals surface area (Å²) < 4.78 is 8.67. The van der Waals surface area contributed by atoms with Crippen molar-refractivity contribution >= 4 is 17.2 Å². The molecule has 12 nitrogen and oxygen atoms in total. The van der Waals surface area contributed by atoms with Gasteiger partial charge in [0.1, 0.15) is 30.1 Å². The van der Waals surface area contributed by atoms with Crippen LogP contribution in [0.4, 0.5) is 11.6 Å². The highest BCUT2D eigenvalue weighted by Crippen LogP contribution is 2.36. The molecule has 0 aromatic carbocycles. The third kappa shape index (κ3) is 4.70. The number of nitriles is 1. The van der Waals surface area contributed by atoms with Crippen LogP contribution in [-0.2, 0) is 13.1 Å². The van der Waals surface area contributed by atoms with Gasteiger partial charge in [-0.3, -0.25) is 9.58 Å². The van der Waals surface area contributed by atoms with Crippen molar-refractivity contribution in [3.8, 4) is 23.1 Å². The number of hydrogen-bond donors (Lipinski definition) is 1. The van der Waals surface area contributed by atoms with Crippen LogP contribution in [0.5, 0.6) is 5.88 Å². The summed E-state index contributed by atoms with van der Waals surface area (Å²) in [7, 11) is 1.64. The Morgan fingerprint density at radius 2 is 2.00 bits per heavy atom. The largest absolute Gasteiger partial charge is 0.481 e. The third-order valence-corrected chi connectivity index (χ3v) is 7.97. The molecule has 41 heavy (non-hydrogen) atoms. The highest BCUT2D eigenvalue weighted by molar-refractivity contribution is 5.87. The molecule has 206 valence electrons. The minimum absolute atomic E-state index is 0.506. The van der Waals surface area contributed by atoms with Gasteiger partial charge in [0.25, 0.3) is 0 Å². The lowest BCUT2D eigenvalue weighted by Crippen LogP contribution is -2.68. The van der Waals surface area contributed by atoms with E-state index in [1.165, 1.54) is 18.3 Å². The number of rotatable bonds is 9. The van der Waals surface area contributed by atoms with Crippen LogP contribution < -0.4 is 15.0 Å². The first kappa shape index (κ1) is 25.0. The van der Waals surface area contributed by atoms with Crippen LogP contribution in [0, 0.1) is 11.3 Å². The summed E-state index contributed by atoms with van der Waals surface area (Å²) in [4.78, 5) is 18.1. The monoisotopic (exact) mass is 547 g/mol. The lowest BCUT2D eigenvalue weighted by atomic mass is 9.87. The van der Waals surface area contributed by atoms with Gasteiger partial charge in [0.05, 0.1) is 19.2 Å². The standard InChI is InChI=1S/C29H29N11O/c1-41-27-7-4-20(13-34-27)15-39-22-11-23(39)17-37(16-22)26-6-5-21(14-33-26)24-3-2-9-40-28(24)25(12-30)29(36-40)32-8-10-38-19-31-18-35-38/h2-7,9,13-14,18-19,22-23H,8,10-11,15-17H2,1H3,(H,32,36). The van der Waals surface area contributed by atoms with Gasteiger partial charge in [-0.05, 0) is 30.2 Å². The van der Waals surface area contributed by atoms with Crippen molar-refractivity contribution in [2.75, 3.05) is 37.0 Å². The van der Waals surface area contributed by atoms with E-state index in [1.807, 2.05) is 36.8 Å². The Morgan fingerprint density at radius 3 is 2.71 bits per heavy atom. The number of ether oxygens (including phenoxy) is 1. The molecule has 5 aromatic rings. The van der Waals surface area contributed by atoms with Crippen LogP contribution in [0.15, 0.2) is 67.6 Å². The van der Waals surface area contributed by atoms with Crippen LogP contribution in [0.3, 0.4) is 0 Å². The number of piperidine rings is 1. The van der Waals surface area contributed by atoms with Crippen molar-refractivity contribution in [3.05, 3.63) is 78.8 Å². The number of anilines is 2. The number of aromatic nitrogens is 7. The first-order valence-corrected chi connectivity index (χ1v) is 13.6. The fourth-order valence-electron chi connectivity index (χ4n) is 5.90. The summed E-state index contributed by atoms with van der Waals surface area (Å²) in [6, 6.07) is 15.5. The predicted molar refractivity (Wildman–Crippen MR) is 152 cm³/mol. The van der Waals surface area contributed by atoms with Gasteiger partial charge < -0.3 is 15.0 Å². The molecule has 2 atom stereocenters. The molecule has 8 heterocycles. The Hall–Kier alpha value is -5.02. The quantitative estimate of drug-likeness (QED) is 0.294. The average Bonchev–Trinajstić information content (AvgIpc) is 3.68. The van der Waals surface area contributed by atoms with Crippen molar-refractivity contribution in [1.82, 2.24) is 39.2 Å². The zero-order valence-corrected chi connectivity index (χ0v) is 22.6. The SMILES string of the molecule is COc1ccc(CN2C3CC2CN(c2ccc(-c4cccn5nc(NCCn6cncn6)c(C#N)c45)cn2)C3)cn1. The van der Waals surface area contributed by atoms with Gasteiger partial charge in [-0.1, -0.05) is 12.1 Å². The normalized spacial score (nSPS) is 18.2.